The molecule has 0 radical (unpaired) electrons. The van der Waals surface area contributed by atoms with E-state index in [4.69, 9.17) is 0 Å². The molecule has 0 saturated heterocycles. The second kappa shape index (κ2) is 4.25. The van der Waals surface area contributed by atoms with E-state index < -0.39 is 5.72 Å². The lowest BCUT2D eigenvalue weighted by Gasteiger charge is -2.39. The molecule has 1 saturated carbocycles. The molecule has 94 valence electrons. The fourth-order valence-electron chi connectivity index (χ4n) is 2.93. The average molecular weight is 243 g/mol. The number of hydrogen-bond donors (Lipinski definition) is 1. The maximum Gasteiger partial charge on any atom is 0.249 e. The molecule has 1 aliphatic heterocycles. The first-order valence-electron chi connectivity index (χ1n) is 6.49. The van der Waals surface area contributed by atoms with Crippen LogP contribution in [0.2, 0.25) is 0 Å². The molecule has 0 spiro atoms. The van der Waals surface area contributed by atoms with Gasteiger partial charge in [-0.2, -0.15) is 0 Å². The lowest BCUT2D eigenvalue weighted by molar-refractivity contribution is -0.146. The van der Waals surface area contributed by atoms with Crippen molar-refractivity contribution in [1.29, 1.82) is 0 Å². The Hall–Kier alpha value is -1.61. The normalized spacial score (nSPS) is 27.1. The van der Waals surface area contributed by atoms with E-state index in [1.165, 1.54) is 0 Å². The van der Waals surface area contributed by atoms with E-state index in [2.05, 4.69) is 0 Å². The molecule has 2 aliphatic rings. The van der Waals surface area contributed by atoms with Gasteiger partial charge in [0.15, 0.2) is 5.72 Å². The molecule has 1 fully saturated rings. The van der Waals surface area contributed by atoms with Crippen molar-refractivity contribution in [1.82, 2.24) is 4.90 Å². The van der Waals surface area contributed by atoms with Crippen molar-refractivity contribution in [3.8, 4) is 0 Å². The maximum atomic E-state index is 12.0. The number of rotatable bonds is 2. The second-order valence-corrected chi connectivity index (χ2v) is 5.10. The highest BCUT2D eigenvalue weighted by Gasteiger charge is 2.46. The molecule has 1 aromatic rings. The van der Waals surface area contributed by atoms with Gasteiger partial charge >= 0.3 is 0 Å². The van der Waals surface area contributed by atoms with Gasteiger partial charge in [-0.05, 0) is 36.8 Å². The van der Waals surface area contributed by atoms with Crippen LogP contribution in [0.25, 0.3) is 0 Å². The van der Waals surface area contributed by atoms with E-state index in [0.717, 1.165) is 30.4 Å². The Morgan fingerprint density at radius 2 is 2.00 bits per heavy atom. The first-order chi connectivity index (χ1) is 8.70. The summed E-state index contributed by atoms with van der Waals surface area (Å²) in [4.78, 5) is 13.6. The fourth-order valence-corrected chi connectivity index (χ4v) is 2.93. The predicted octanol–water partition coefficient (Wildman–Crippen LogP) is 2.22. The van der Waals surface area contributed by atoms with Gasteiger partial charge in [0.2, 0.25) is 5.91 Å². The summed E-state index contributed by atoms with van der Waals surface area (Å²) in [5, 5.41) is 10.7. The lowest BCUT2D eigenvalue weighted by atomic mass is 9.87. The highest BCUT2D eigenvalue weighted by molar-refractivity contribution is 5.92. The van der Waals surface area contributed by atoms with Crippen molar-refractivity contribution >= 4 is 5.91 Å². The average Bonchev–Trinajstić information content (AvgIpc) is 2.63. The predicted molar refractivity (Wildman–Crippen MR) is 68.5 cm³/mol. The van der Waals surface area contributed by atoms with Crippen LogP contribution in [0.1, 0.15) is 31.2 Å². The molecule has 1 amide bonds. The van der Waals surface area contributed by atoms with Crippen LogP contribution in [0.4, 0.5) is 0 Å². The van der Waals surface area contributed by atoms with Crippen molar-refractivity contribution < 1.29 is 9.90 Å². The summed E-state index contributed by atoms with van der Waals surface area (Å²) in [5.41, 5.74) is 0.930. The third kappa shape index (κ3) is 1.75. The number of carbonyl (C=O) groups excluding carboxylic acids is 1. The summed E-state index contributed by atoms with van der Waals surface area (Å²) in [7, 11) is 0. The molecule has 1 unspecified atom stereocenters. The molecule has 1 N–H and O–H groups in total. The molecular formula is C15H17NO2. The Labute approximate surface area is 107 Å². The van der Waals surface area contributed by atoms with Crippen LogP contribution in [0, 0.1) is 0 Å². The number of benzene rings is 1. The van der Waals surface area contributed by atoms with E-state index in [1.807, 2.05) is 30.3 Å². The topological polar surface area (TPSA) is 40.5 Å². The molecule has 1 atom stereocenters. The lowest BCUT2D eigenvalue weighted by Crippen LogP contribution is -2.48. The zero-order valence-corrected chi connectivity index (χ0v) is 10.3. The van der Waals surface area contributed by atoms with Crippen LogP contribution in [0.3, 0.4) is 0 Å². The minimum Gasteiger partial charge on any atom is -0.367 e. The summed E-state index contributed by atoms with van der Waals surface area (Å²) in [6.45, 7) is 0.482. The van der Waals surface area contributed by atoms with Gasteiger partial charge in [-0.15, -0.1) is 0 Å². The van der Waals surface area contributed by atoms with Gasteiger partial charge in [0.25, 0.3) is 0 Å². The van der Waals surface area contributed by atoms with Gasteiger partial charge in [-0.3, -0.25) is 4.79 Å². The molecule has 3 nitrogen and oxygen atoms in total. The summed E-state index contributed by atoms with van der Waals surface area (Å²) in [6, 6.07) is 9.83. The van der Waals surface area contributed by atoms with E-state index in [0.29, 0.717) is 13.0 Å². The Morgan fingerprint density at radius 3 is 2.78 bits per heavy atom. The number of amides is 1. The van der Waals surface area contributed by atoms with Crippen molar-refractivity contribution in [2.45, 2.75) is 38.0 Å². The van der Waals surface area contributed by atoms with Crippen LogP contribution < -0.4 is 0 Å². The summed E-state index contributed by atoms with van der Waals surface area (Å²) < 4.78 is 0. The minimum atomic E-state index is -1.02. The fraction of sp³-hybridized carbons (Fsp3) is 0.400. The molecule has 1 aromatic carbocycles. The van der Waals surface area contributed by atoms with Gasteiger partial charge in [0.05, 0.1) is 0 Å². The molecule has 0 aromatic heterocycles. The van der Waals surface area contributed by atoms with Crippen molar-refractivity contribution in [2.75, 3.05) is 0 Å². The molecule has 18 heavy (non-hydrogen) atoms. The Balaban J connectivity index is 1.86. The molecular weight excluding hydrogens is 226 g/mol. The molecule has 3 heteroatoms. The van der Waals surface area contributed by atoms with Crippen LogP contribution in [-0.2, 0) is 11.3 Å². The van der Waals surface area contributed by atoms with Gasteiger partial charge in [-0.1, -0.05) is 30.3 Å². The summed E-state index contributed by atoms with van der Waals surface area (Å²) >= 11 is 0. The quantitative estimate of drug-likeness (QED) is 0.865. The zero-order chi connectivity index (χ0) is 12.6. The highest BCUT2D eigenvalue weighted by atomic mass is 16.3. The third-order valence-corrected chi connectivity index (χ3v) is 3.93. The number of nitrogens with zero attached hydrogens (tertiary/aromatic N) is 1. The molecule has 0 bridgehead atoms. The molecule has 1 aliphatic carbocycles. The Morgan fingerprint density at radius 1 is 1.22 bits per heavy atom. The zero-order valence-electron chi connectivity index (χ0n) is 10.3. The molecule has 3 rings (SSSR count). The van der Waals surface area contributed by atoms with E-state index in [1.54, 1.807) is 11.0 Å². The summed E-state index contributed by atoms with van der Waals surface area (Å²) in [5.74, 6) is -0.0572. The Kier molecular flexibility index (Phi) is 2.71. The molecule has 1 heterocycles. The monoisotopic (exact) mass is 243 g/mol. The van der Waals surface area contributed by atoms with E-state index >= 15 is 0 Å². The first kappa shape index (κ1) is 11.5. The van der Waals surface area contributed by atoms with Gasteiger partial charge in [0, 0.05) is 12.6 Å². The highest BCUT2D eigenvalue weighted by Crippen LogP contribution is 2.41. The largest absolute Gasteiger partial charge is 0.367 e. The van der Waals surface area contributed by atoms with Crippen molar-refractivity contribution in [3.05, 3.63) is 47.5 Å². The number of hydrogen-bond acceptors (Lipinski definition) is 2. The summed E-state index contributed by atoms with van der Waals surface area (Å²) in [6.07, 6.45) is 5.18. The smallest absolute Gasteiger partial charge is 0.249 e. The first-order valence-corrected chi connectivity index (χ1v) is 6.49. The van der Waals surface area contributed by atoms with Crippen LogP contribution in [0.5, 0.6) is 0 Å². The van der Waals surface area contributed by atoms with Gasteiger partial charge in [-0.25, -0.2) is 0 Å². The standard InChI is InChI=1S/C15H17NO2/c17-14-10-13-8-4-5-9-15(13,18)16(14)11-12-6-2-1-3-7-12/h1-3,6-7,10,18H,4-5,8-9,11H2. The minimum absolute atomic E-state index is 0.0572. The van der Waals surface area contributed by atoms with E-state index in [9.17, 15) is 9.90 Å². The van der Waals surface area contributed by atoms with Crippen molar-refractivity contribution in [3.63, 3.8) is 0 Å². The van der Waals surface area contributed by atoms with Crippen LogP contribution in [-0.4, -0.2) is 21.6 Å². The van der Waals surface area contributed by atoms with Gasteiger partial charge in [0.1, 0.15) is 0 Å². The van der Waals surface area contributed by atoms with Crippen molar-refractivity contribution in [2.24, 2.45) is 0 Å². The number of fused-ring (bicyclic) bond motifs is 1. The van der Waals surface area contributed by atoms with Crippen LogP contribution >= 0.6 is 0 Å². The maximum absolute atomic E-state index is 12.0. The van der Waals surface area contributed by atoms with E-state index in [-0.39, 0.29) is 5.91 Å². The third-order valence-electron chi connectivity index (χ3n) is 3.93. The number of aliphatic hydroxyl groups is 1. The number of carbonyl (C=O) groups is 1. The Bertz CT molecular complexity index is 494. The van der Waals surface area contributed by atoms with Gasteiger partial charge < -0.3 is 10.0 Å². The van der Waals surface area contributed by atoms with Crippen LogP contribution in [0.15, 0.2) is 42.0 Å². The SMILES string of the molecule is O=C1C=C2CCCCC2(O)N1Cc1ccccc1. The second-order valence-electron chi connectivity index (χ2n) is 5.10.